The average Bonchev–Trinajstić information content (AvgIpc) is 2.75. The van der Waals surface area contributed by atoms with Crippen molar-refractivity contribution in [2.75, 3.05) is 0 Å². The van der Waals surface area contributed by atoms with Crippen LogP contribution in [0.5, 0.6) is 5.75 Å². The molecule has 186 valence electrons. The highest BCUT2D eigenvalue weighted by Gasteiger charge is 2.60. The van der Waals surface area contributed by atoms with E-state index < -0.39 is 51.9 Å². The van der Waals surface area contributed by atoms with Gasteiger partial charge in [-0.15, -0.1) is 0 Å². The van der Waals surface area contributed by atoms with E-state index in [9.17, 15) is 39.6 Å². The van der Waals surface area contributed by atoms with Crippen LogP contribution in [-0.4, -0.2) is 49.2 Å². The van der Waals surface area contributed by atoms with Crippen molar-refractivity contribution >= 4 is 28.9 Å². The van der Waals surface area contributed by atoms with Crippen LogP contribution in [-0.2, 0) is 32.0 Å². The molecule has 4 rings (SSSR count). The van der Waals surface area contributed by atoms with Gasteiger partial charge < -0.3 is 25.2 Å². The van der Waals surface area contributed by atoms with Crippen LogP contribution in [0.1, 0.15) is 75.1 Å². The second-order valence-corrected chi connectivity index (χ2v) is 10.3. The minimum Gasteiger partial charge on any atom is -0.508 e. The van der Waals surface area contributed by atoms with Crippen LogP contribution >= 0.6 is 0 Å². The van der Waals surface area contributed by atoms with E-state index in [0.29, 0.717) is 17.5 Å². The fraction of sp³-hybridized carbons (Fsp3) is 0.481. The molecule has 35 heavy (non-hydrogen) atoms. The largest absolute Gasteiger partial charge is 0.508 e. The maximum Gasteiger partial charge on any atom is 0.202 e. The Bertz CT molecular complexity index is 1250. The van der Waals surface area contributed by atoms with Crippen molar-refractivity contribution in [3.8, 4) is 5.75 Å². The minimum absolute atomic E-state index is 0.0207. The molecule has 0 aliphatic heterocycles. The number of aromatic hydroxyl groups is 1. The maximum atomic E-state index is 13.6. The van der Waals surface area contributed by atoms with Gasteiger partial charge in [0.2, 0.25) is 5.78 Å². The van der Waals surface area contributed by atoms with E-state index in [0.717, 1.165) is 12.5 Å². The number of allylic oxidation sites excluding steroid dienone is 1. The standard InChI is InChI=1S/C27H30O8/c1-11(2)17-8-14(6-5-12(3)28)23(31)22-18(17)9-15-7-16-10-19(30)20(13(4)29)25(33)27(16,35)26(34)21(15)24(22)32/h8,11,15-16,31-33,35H,5-7,9-10H2,1-4H3/t15-,16+,27-/m1/s1. The molecule has 0 amide bonds. The van der Waals surface area contributed by atoms with Crippen molar-refractivity contribution in [3.63, 3.8) is 0 Å². The van der Waals surface area contributed by atoms with Crippen LogP contribution in [0.4, 0.5) is 0 Å². The van der Waals surface area contributed by atoms with Gasteiger partial charge in [0, 0.05) is 24.3 Å². The Morgan fingerprint density at radius 3 is 2.34 bits per heavy atom. The Morgan fingerprint density at radius 2 is 1.77 bits per heavy atom. The van der Waals surface area contributed by atoms with Crippen LogP contribution in [0, 0.1) is 11.8 Å². The third-order valence-corrected chi connectivity index (χ3v) is 7.65. The first-order valence-corrected chi connectivity index (χ1v) is 11.9. The van der Waals surface area contributed by atoms with Crippen molar-refractivity contribution < 1.29 is 39.6 Å². The third kappa shape index (κ3) is 3.62. The molecule has 0 aromatic heterocycles. The van der Waals surface area contributed by atoms with Gasteiger partial charge in [-0.05, 0) is 61.6 Å². The summed E-state index contributed by atoms with van der Waals surface area (Å²) in [6, 6.07) is 1.83. The number of phenols is 1. The van der Waals surface area contributed by atoms with Crippen molar-refractivity contribution in [1.29, 1.82) is 0 Å². The number of Topliss-reactive ketones (excluding diaryl/α,β-unsaturated/α-hetero) is 4. The molecule has 0 heterocycles. The van der Waals surface area contributed by atoms with Gasteiger partial charge in [-0.25, -0.2) is 0 Å². The molecule has 1 fully saturated rings. The number of aryl methyl sites for hydroxylation is 1. The summed E-state index contributed by atoms with van der Waals surface area (Å²) < 4.78 is 0. The number of hydrogen-bond acceptors (Lipinski definition) is 8. The maximum absolute atomic E-state index is 13.6. The van der Waals surface area contributed by atoms with E-state index in [1.165, 1.54) is 6.92 Å². The summed E-state index contributed by atoms with van der Waals surface area (Å²) in [5.74, 6) is -5.54. The topological polar surface area (TPSA) is 149 Å². The zero-order valence-corrected chi connectivity index (χ0v) is 20.3. The second-order valence-electron chi connectivity index (χ2n) is 10.3. The lowest BCUT2D eigenvalue weighted by Gasteiger charge is -2.46. The van der Waals surface area contributed by atoms with Gasteiger partial charge in [0.15, 0.2) is 17.2 Å². The first-order chi connectivity index (χ1) is 16.3. The molecular formula is C27H30O8. The molecule has 3 atom stereocenters. The number of carbonyl (C=O) groups excluding carboxylic acids is 4. The predicted octanol–water partition coefficient (Wildman–Crippen LogP) is 3.17. The van der Waals surface area contributed by atoms with Gasteiger partial charge in [0.1, 0.15) is 28.6 Å². The number of fused-ring (bicyclic) bond motifs is 3. The molecule has 1 aromatic carbocycles. The second kappa shape index (κ2) is 8.45. The SMILES string of the molecule is CC(=O)CCc1cc(C(C)C)c2c(c1O)C(O)=C1C(=O)[C@]3(O)C(O)=C(C(C)=O)C(=O)C[C@@H]3C[C@@H]1C2. The number of phenolic OH excluding ortho intramolecular Hbond substituents is 1. The van der Waals surface area contributed by atoms with Crippen LogP contribution in [0.3, 0.4) is 0 Å². The quantitative estimate of drug-likeness (QED) is 0.468. The number of ketones is 4. The fourth-order valence-electron chi connectivity index (χ4n) is 5.90. The molecule has 0 unspecified atom stereocenters. The summed E-state index contributed by atoms with van der Waals surface area (Å²) in [6.45, 7) is 6.46. The molecule has 3 aliphatic rings. The molecule has 1 aromatic rings. The molecule has 3 aliphatic carbocycles. The molecule has 0 saturated heterocycles. The van der Waals surface area contributed by atoms with Crippen molar-refractivity contribution in [2.24, 2.45) is 11.8 Å². The molecule has 0 radical (unpaired) electrons. The number of rotatable bonds is 5. The lowest BCUT2D eigenvalue weighted by Crippen LogP contribution is -2.57. The summed E-state index contributed by atoms with van der Waals surface area (Å²) in [5, 5.41) is 44.5. The summed E-state index contributed by atoms with van der Waals surface area (Å²) in [6.07, 6.45) is 0.606. The lowest BCUT2D eigenvalue weighted by atomic mass is 9.58. The highest BCUT2D eigenvalue weighted by atomic mass is 16.3. The van der Waals surface area contributed by atoms with E-state index in [1.54, 1.807) is 0 Å². The first kappa shape index (κ1) is 24.9. The Morgan fingerprint density at radius 1 is 1.11 bits per heavy atom. The molecule has 8 nitrogen and oxygen atoms in total. The van der Waals surface area contributed by atoms with E-state index in [2.05, 4.69) is 0 Å². The van der Waals surface area contributed by atoms with Gasteiger partial charge in [0.05, 0.1) is 5.56 Å². The van der Waals surface area contributed by atoms with Gasteiger partial charge in [-0.1, -0.05) is 19.9 Å². The van der Waals surface area contributed by atoms with Gasteiger partial charge in [-0.2, -0.15) is 0 Å². The lowest BCUT2D eigenvalue weighted by molar-refractivity contribution is -0.147. The zero-order valence-electron chi connectivity index (χ0n) is 20.3. The van der Waals surface area contributed by atoms with E-state index in [-0.39, 0.29) is 54.3 Å². The van der Waals surface area contributed by atoms with Crippen molar-refractivity contribution in [1.82, 2.24) is 0 Å². The average molecular weight is 483 g/mol. The summed E-state index contributed by atoms with van der Waals surface area (Å²) in [5.41, 5.74) is -1.11. The Balaban J connectivity index is 1.93. The summed E-state index contributed by atoms with van der Waals surface area (Å²) in [4.78, 5) is 49.7. The number of hydrogen-bond donors (Lipinski definition) is 4. The monoisotopic (exact) mass is 482 g/mol. The number of benzene rings is 1. The Hall–Kier alpha value is -3.26. The molecule has 0 bridgehead atoms. The Kier molecular flexibility index (Phi) is 6.00. The van der Waals surface area contributed by atoms with Crippen LogP contribution in [0.25, 0.3) is 5.76 Å². The van der Waals surface area contributed by atoms with Gasteiger partial charge in [-0.3, -0.25) is 14.4 Å². The number of aliphatic hydroxyl groups excluding tert-OH is 2. The van der Waals surface area contributed by atoms with E-state index >= 15 is 0 Å². The summed E-state index contributed by atoms with van der Waals surface area (Å²) >= 11 is 0. The minimum atomic E-state index is -2.50. The molecule has 0 spiro atoms. The van der Waals surface area contributed by atoms with E-state index in [4.69, 9.17) is 0 Å². The highest BCUT2D eigenvalue weighted by Crippen LogP contribution is 2.53. The van der Waals surface area contributed by atoms with Crippen LogP contribution in [0.15, 0.2) is 23.0 Å². The van der Waals surface area contributed by atoms with Crippen LogP contribution in [0.2, 0.25) is 0 Å². The third-order valence-electron chi connectivity index (χ3n) is 7.65. The predicted molar refractivity (Wildman–Crippen MR) is 126 cm³/mol. The van der Waals surface area contributed by atoms with Crippen molar-refractivity contribution in [3.05, 3.63) is 45.2 Å². The molecular weight excluding hydrogens is 452 g/mol. The molecule has 8 heteroatoms. The zero-order chi connectivity index (χ0) is 26.0. The first-order valence-electron chi connectivity index (χ1n) is 11.9. The van der Waals surface area contributed by atoms with Gasteiger partial charge >= 0.3 is 0 Å². The fourth-order valence-corrected chi connectivity index (χ4v) is 5.90. The highest BCUT2D eigenvalue weighted by molar-refractivity contribution is 6.23. The van der Waals surface area contributed by atoms with Crippen molar-refractivity contribution in [2.45, 2.75) is 71.3 Å². The normalized spacial score (nSPS) is 26.0. The molecule has 1 saturated carbocycles. The molecule has 4 N–H and O–H groups in total. The smallest absolute Gasteiger partial charge is 0.202 e. The Labute approximate surface area is 203 Å². The number of carbonyl (C=O) groups is 4. The van der Waals surface area contributed by atoms with E-state index in [1.807, 2.05) is 19.9 Å². The summed E-state index contributed by atoms with van der Waals surface area (Å²) in [7, 11) is 0. The van der Waals surface area contributed by atoms with Crippen LogP contribution < -0.4 is 0 Å². The van der Waals surface area contributed by atoms with Gasteiger partial charge in [0.25, 0.3) is 0 Å². The number of aliphatic hydroxyl groups is 3.